The van der Waals surface area contributed by atoms with Crippen LogP contribution in [0.25, 0.3) is 0 Å². The average Bonchev–Trinajstić information content (AvgIpc) is 2.36. The molecule has 5 heteroatoms. The molecule has 0 heterocycles. The standard InChI is InChI=1S/C15H22BrNO3/c1-10-7-12(16)8-11(5-6-17)13(10)20-9-15(2,3)14(18)19-4/h7-8H,5-6,9,17H2,1-4H3. The first kappa shape index (κ1) is 17.0. The van der Waals surface area contributed by atoms with Crippen LogP contribution in [-0.2, 0) is 16.0 Å². The minimum atomic E-state index is -0.686. The monoisotopic (exact) mass is 343 g/mol. The lowest BCUT2D eigenvalue weighted by atomic mass is 9.95. The fourth-order valence-electron chi connectivity index (χ4n) is 1.93. The lowest BCUT2D eigenvalue weighted by Gasteiger charge is -2.23. The van der Waals surface area contributed by atoms with E-state index in [2.05, 4.69) is 15.9 Å². The van der Waals surface area contributed by atoms with Crippen molar-refractivity contribution in [3.05, 3.63) is 27.7 Å². The molecule has 1 aromatic carbocycles. The maximum absolute atomic E-state index is 11.7. The first-order valence-electron chi connectivity index (χ1n) is 6.52. The molecule has 0 aromatic heterocycles. The van der Waals surface area contributed by atoms with E-state index in [1.165, 1.54) is 7.11 Å². The van der Waals surface area contributed by atoms with Crippen LogP contribution in [0.1, 0.15) is 25.0 Å². The Labute approximate surface area is 128 Å². The second-order valence-electron chi connectivity index (χ2n) is 5.41. The Kier molecular flexibility index (Phi) is 6.02. The Morgan fingerprint density at radius 3 is 2.60 bits per heavy atom. The number of hydrogen-bond acceptors (Lipinski definition) is 4. The molecular weight excluding hydrogens is 322 g/mol. The maximum atomic E-state index is 11.7. The van der Waals surface area contributed by atoms with Gasteiger partial charge in [-0.15, -0.1) is 0 Å². The lowest BCUT2D eigenvalue weighted by molar-refractivity contribution is -0.152. The first-order valence-corrected chi connectivity index (χ1v) is 7.31. The summed E-state index contributed by atoms with van der Waals surface area (Å²) in [6.45, 7) is 6.39. The van der Waals surface area contributed by atoms with Crippen LogP contribution in [0.5, 0.6) is 5.75 Å². The number of carbonyl (C=O) groups is 1. The molecule has 0 radical (unpaired) electrons. The zero-order valence-electron chi connectivity index (χ0n) is 12.5. The second kappa shape index (κ2) is 7.09. The van der Waals surface area contributed by atoms with Crippen molar-refractivity contribution in [3.8, 4) is 5.75 Å². The van der Waals surface area contributed by atoms with Gasteiger partial charge in [0, 0.05) is 4.47 Å². The number of nitrogens with two attached hydrogens (primary N) is 1. The Morgan fingerprint density at radius 1 is 1.40 bits per heavy atom. The number of carbonyl (C=O) groups excluding carboxylic acids is 1. The molecule has 1 rings (SSSR count). The van der Waals surface area contributed by atoms with Crippen LogP contribution < -0.4 is 10.5 Å². The highest BCUT2D eigenvalue weighted by Gasteiger charge is 2.30. The van der Waals surface area contributed by atoms with E-state index >= 15 is 0 Å². The van der Waals surface area contributed by atoms with Gasteiger partial charge in [0.05, 0.1) is 12.5 Å². The third-order valence-electron chi connectivity index (χ3n) is 3.05. The van der Waals surface area contributed by atoms with Crippen molar-refractivity contribution < 1.29 is 14.3 Å². The van der Waals surface area contributed by atoms with Crippen molar-refractivity contribution in [1.82, 2.24) is 0 Å². The molecule has 0 aliphatic heterocycles. The van der Waals surface area contributed by atoms with Crippen LogP contribution in [0.4, 0.5) is 0 Å². The molecule has 0 fully saturated rings. The number of methoxy groups -OCH3 is 1. The largest absolute Gasteiger partial charge is 0.492 e. The third kappa shape index (κ3) is 4.21. The van der Waals surface area contributed by atoms with Crippen LogP contribution in [0.2, 0.25) is 0 Å². The van der Waals surface area contributed by atoms with Gasteiger partial charge in [-0.1, -0.05) is 15.9 Å². The van der Waals surface area contributed by atoms with Crippen LogP contribution in [0.3, 0.4) is 0 Å². The molecule has 0 saturated heterocycles. The molecule has 1 aromatic rings. The molecule has 2 N–H and O–H groups in total. The molecule has 0 bridgehead atoms. The summed E-state index contributed by atoms with van der Waals surface area (Å²) in [7, 11) is 1.38. The number of rotatable bonds is 6. The molecule has 0 aliphatic rings. The summed E-state index contributed by atoms with van der Waals surface area (Å²) >= 11 is 3.47. The van der Waals surface area contributed by atoms with Gasteiger partial charge in [0.25, 0.3) is 0 Å². The number of hydrogen-bond donors (Lipinski definition) is 1. The Morgan fingerprint density at radius 2 is 2.05 bits per heavy atom. The van der Waals surface area contributed by atoms with Gasteiger partial charge in [0.1, 0.15) is 12.4 Å². The van der Waals surface area contributed by atoms with Gasteiger partial charge in [0.2, 0.25) is 0 Å². The van der Waals surface area contributed by atoms with Crippen LogP contribution in [-0.4, -0.2) is 26.2 Å². The van der Waals surface area contributed by atoms with Crippen molar-refractivity contribution >= 4 is 21.9 Å². The highest BCUT2D eigenvalue weighted by atomic mass is 79.9. The predicted molar refractivity (Wildman–Crippen MR) is 82.9 cm³/mol. The SMILES string of the molecule is COC(=O)C(C)(C)COc1c(C)cc(Br)cc1CCN. The lowest BCUT2D eigenvalue weighted by Crippen LogP contribution is -2.32. The third-order valence-corrected chi connectivity index (χ3v) is 3.50. The fraction of sp³-hybridized carbons (Fsp3) is 0.533. The van der Waals surface area contributed by atoms with Crippen molar-refractivity contribution in [2.45, 2.75) is 27.2 Å². The van der Waals surface area contributed by atoms with E-state index in [-0.39, 0.29) is 12.6 Å². The minimum absolute atomic E-state index is 0.264. The molecule has 0 amide bonds. The summed E-state index contributed by atoms with van der Waals surface area (Å²) in [6.07, 6.45) is 0.730. The molecule has 20 heavy (non-hydrogen) atoms. The number of benzene rings is 1. The highest BCUT2D eigenvalue weighted by molar-refractivity contribution is 9.10. The number of halogens is 1. The topological polar surface area (TPSA) is 61.5 Å². The molecule has 0 unspecified atom stereocenters. The van der Waals surface area contributed by atoms with Crippen LogP contribution in [0, 0.1) is 12.3 Å². The zero-order chi connectivity index (χ0) is 15.3. The smallest absolute Gasteiger partial charge is 0.314 e. The summed E-state index contributed by atoms with van der Waals surface area (Å²) < 4.78 is 11.7. The normalized spacial score (nSPS) is 11.3. The summed E-state index contributed by atoms with van der Waals surface area (Å²) in [6, 6.07) is 3.99. The van der Waals surface area contributed by atoms with Crippen molar-refractivity contribution in [1.29, 1.82) is 0 Å². The fourth-order valence-corrected chi connectivity index (χ4v) is 2.55. The van der Waals surface area contributed by atoms with E-state index in [0.717, 1.165) is 27.8 Å². The van der Waals surface area contributed by atoms with Crippen LogP contribution in [0.15, 0.2) is 16.6 Å². The van der Waals surface area contributed by atoms with Gasteiger partial charge in [-0.2, -0.15) is 0 Å². The van der Waals surface area contributed by atoms with Gasteiger partial charge in [0.15, 0.2) is 0 Å². The second-order valence-corrected chi connectivity index (χ2v) is 6.33. The molecule has 0 atom stereocenters. The molecular formula is C15H22BrNO3. The van der Waals surface area contributed by atoms with E-state index in [0.29, 0.717) is 6.54 Å². The summed E-state index contributed by atoms with van der Waals surface area (Å²) in [5.74, 6) is 0.517. The average molecular weight is 344 g/mol. The van der Waals surface area contributed by atoms with Gasteiger partial charge in [-0.3, -0.25) is 4.79 Å². The zero-order valence-corrected chi connectivity index (χ0v) is 14.0. The molecule has 0 saturated carbocycles. The number of aryl methyl sites for hydroxylation is 1. The van der Waals surface area contributed by atoms with Gasteiger partial charge < -0.3 is 15.2 Å². The highest BCUT2D eigenvalue weighted by Crippen LogP contribution is 2.30. The van der Waals surface area contributed by atoms with E-state index in [1.807, 2.05) is 19.1 Å². The quantitative estimate of drug-likeness (QED) is 0.806. The van der Waals surface area contributed by atoms with Gasteiger partial charge in [-0.05, 0) is 57.0 Å². The Bertz CT molecular complexity index is 486. The first-order chi connectivity index (χ1) is 9.31. The van der Waals surface area contributed by atoms with Gasteiger partial charge in [-0.25, -0.2) is 0 Å². The van der Waals surface area contributed by atoms with Crippen molar-refractivity contribution in [2.75, 3.05) is 20.3 Å². The van der Waals surface area contributed by atoms with E-state index in [4.69, 9.17) is 15.2 Å². The summed E-state index contributed by atoms with van der Waals surface area (Å²) in [4.78, 5) is 11.7. The Hall–Kier alpha value is -1.07. The predicted octanol–water partition coefficient (Wildman–Crippen LogP) is 2.84. The van der Waals surface area contributed by atoms with Crippen molar-refractivity contribution in [3.63, 3.8) is 0 Å². The molecule has 0 spiro atoms. The van der Waals surface area contributed by atoms with Gasteiger partial charge >= 0.3 is 5.97 Å². The Balaban J connectivity index is 2.94. The molecule has 0 aliphatic carbocycles. The van der Waals surface area contributed by atoms with E-state index in [9.17, 15) is 4.79 Å². The number of ether oxygens (including phenoxy) is 2. The molecule has 4 nitrogen and oxygen atoms in total. The minimum Gasteiger partial charge on any atom is -0.492 e. The van der Waals surface area contributed by atoms with E-state index in [1.54, 1.807) is 13.8 Å². The van der Waals surface area contributed by atoms with Crippen LogP contribution >= 0.6 is 15.9 Å². The maximum Gasteiger partial charge on any atom is 0.314 e. The number of esters is 1. The molecule has 112 valence electrons. The summed E-state index contributed by atoms with van der Waals surface area (Å²) in [5.41, 5.74) is 7.01. The van der Waals surface area contributed by atoms with Crippen molar-refractivity contribution in [2.24, 2.45) is 11.1 Å². The van der Waals surface area contributed by atoms with E-state index < -0.39 is 5.41 Å². The summed E-state index contributed by atoms with van der Waals surface area (Å²) in [5, 5.41) is 0.